The van der Waals surface area contributed by atoms with Gasteiger partial charge in [0.2, 0.25) is 5.75 Å². The Morgan fingerprint density at radius 1 is 0.618 bits per heavy atom. The Bertz CT molecular complexity index is 1170. The number of nitrogens with one attached hydrogen (secondary N) is 3. The molecule has 3 rings (SSSR count). The second-order valence-electron chi connectivity index (χ2n) is 7.22. The fraction of sp³-hybridized carbons (Fsp3) is 0.160. The molecule has 0 saturated carbocycles. The second-order valence-corrected chi connectivity index (χ2v) is 7.22. The number of ether oxygens (including phenoxy) is 3. The van der Waals surface area contributed by atoms with Crippen LogP contribution >= 0.6 is 0 Å². The molecular formula is C25H25N3O6. The average Bonchev–Trinajstić information content (AvgIpc) is 2.86. The van der Waals surface area contributed by atoms with Gasteiger partial charge in [0.1, 0.15) is 0 Å². The summed E-state index contributed by atoms with van der Waals surface area (Å²) in [5, 5.41) is 2.75. The molecule has 0 aliphatic heterocycles. The third-order valence-electron chi connectivity index (χ3n) is 4.94. The fourth-order valence-electron chi connectivity index (χ4n) is 3.08. The summed E-state index contributed by atoms with van der Waals surface area (Å²) in [6, 6.07) is 16.2. The van der Waals surface area contributed by atoms with Crippen molar-refractivity contribution in [2.75, 3.05) is 26.6 Å². The lowest BCUT2D eigenvalue weighted by Gasteiger charge is -2.14. The standard InChI is InChI=1S/C25H25N3O6/c1-15-5-7-16(8-6-15)24(30)27-28-25(31)17-9-11-19(12-10-17)26-23(29)18-13-20(32-2)22(34-4)21(14-18)33-3/h5-14H,1-4H3,(H,26,29)(H,27,30)(H,28,31). The summed E-state index contributed by atoms with van der Waals surface area (Å²) in [4.78, 5) is 37.2. The molecule has 176 valence electrons. The first-order valence-corrected chi connectivity index (χ1v) is 10.2. The van der Waals surface area contributed by atoms with Gasteiger partial charge < -0.3 is 19.5 Å². The number of hydrogen-bond acceptors (Lipinski definition) is 6. The quantitative estimate of drug-likeness (QED) is 0.463. The number of hydrogen-bond donors (Lipinski definition) is 3. The summed E-state index contributed by atoms with van der Waals surface area (Å²) in [6.07, 6.45) is 0. The molecule has 9 heteroatoms. The number of hydrazine groups is 1. The largest absolute Gasteiger partial charge is 0.493 e. The summed E-state index contributed by atoms with van der Waals surface area (Å²) < 4.78 is 15.8. The highest BCUT2D eigenvalue weighted by Gasteiger charge is 2.17. The molecule has 0 fully saturated rings. The van der Waals surface area contributed by atoms with Crippen LogP contribution in [0, 0.1) is 6.92 Å². The molecule has 0 aliphatic rings. The molecule has 0 bridgehead atoms. The van der Waals surface area contributed by atoms with E-state index in [1.807, 2.05) is 19.1 Å². The first-order chi connectivity index (χ1) is 16.4. The van der Waals surface area contributed by atoms with Crippen LogP contribution in [0.1, 0.15) is 36.6 Å². The maximum absolute atomic E-state index is 12.7. The molecule has 0 unspecified atom stereocenters. The third-order valence-corrected chi connectivity index (χ3v) is 4.94. The van der Waals surface area contributed by atoms with E-state index in [-0.39, 0.29) is 0 Å². The number of anilines is 1. The van der Waals surface area contributed by atoms with Crippen LogP contribution in [0.25, 0.3) is 0 Å². The maximum atomic E-state index is 12.7. The Morgan fingerprint density at radius 2 is 1.09 bits per heavy atom. The minimum Gasteiger partial charge on any atom is -0.493 e. The van der Waals surface area contributed by atoms with Gasteiger partial charge >= 0.3 is 0 Å². The Labute approximate surface area is 197 Å². The highest BCUT2D eigenvalue weighted by atomic mass is 16.5. The molecule has 0 radical (unpaired) electrons. The van der Waals surface area contributed by atoms with Gasteiger partial charge in [0.05, 0.1) is 21.3 Å². The number of carbonyl (C=O) groups excluding carboxylic acids is 3. The van der Waals surface area contributed by atoms with Crippen LogP contribution in [0.2, 0.25) is 0 Å². The van der Waals surface area contributed by atoms with E-state index in [0.29, 0.717) is 39.6 Å². The predicted molar refractivity (Wildman–Crippen MR) is 127 cm³/mol. The van der Waals surface area contributed by atoms with Crippen molar-refractivity contribution in [2.45, 2.75) is 6.92 Å². The van der Waals surface area contributed by atoms with Crippen molar-refractivity contribution in [2.24, 2.45) is 0 Å². The lowest BCUT2D eigenvalue weighted by molar-refractivity contribution is 0.0846. The number of carbonyl (C=O) groups is 3. The zero-order chi connectivity index (χ0) is 24.7. The molecule has 0 atom stereocenters. The van der Waals surface area contributed by atoms with E-state index in [0.717, 1.165) is 5.56 Å². The number of amides is 3. The van der Waals surface area contributed by atoms with E-state index < -0.39 is 17.7 Å². The monoisotopic (exact) mass is 463 g/mol. The number of aryl methyl sites for hydroxylation is 1. The second kappa shape index (κ2) is 10.9. The van der Waals surface area contributed by atoms with Gasteiger partial charge in [0.15, 0.2) is 11.5 Å². The smallest absolute Gasteiger partial charge is 0.269 e. The van der Waals surface area contributed by atoms with E-state index in [1.165, 1.54) is 45.6 Å². The van der Waals surface area contributed by atoms with E-state index in [4.69, 9.17) is 14.2 Å². The van der Waals surface area contributed by atoms with Crippen LogP contribution in [0.5, 0.6) is 17.2 Å². The molecule has 3 N–H and O–H groups in total. The van der Waals surface area contributed by atoms with Crippen molar-refractivity contribution >= 4 is 23.4 Å². The zero-order valence-electron chi connectivity index (χ0n) is 19.2. The van der Waals surface area contributed by atoms with E-state index in [2.05, 4.69) is 16.2 Å². The van der Waals surface area contributed by atoms with Gasteiger partial charge in [-0.1, -0.05) is 17.7 Å². The van der Waals surface area contributed by atoms with E-state index in [9.17, 15) is 14.4 Å². The Balaban J connectivity index is 1.63. The van der Waals surface area contributed by atoms with Crippen molar-refractivity contribution in [3.8, 4) is 17.2 Å². The summed E-state index contributed by atoms with van der Waals surface area (Å²) in [5.74, 6) is -0.239. The first kappa shape index (κ1) is 24.1. The van der Waals surface area contributed by atoms with Gasteiger partial charge in [0.25, 0.3) is 17.7 Å². The van der Waals surface area contributed by atoms with Crippen molar-refractivity contribution < 1.29 is 28.6 Å². The molecule has 3 aromatic carbocycles. The number of methoxy groups -OCH3 is 3. The molecule has 0 aliphatic carbocycles. The predicted octanol–water partition coefficient (Wildman–Crippen LogP) is 3.35. The number of rotatable bonds is 7. The molecular weight excluding hydrogens is 438 g/mol. The zero-order valence-corrected chi connectivity index (χ0v) is 19.2. The van der Waals surface area contributed by atoms with Crippen LogP contribution in [0.15, 0.2) is 60.7 Å². The molecule has 0 spiro atoms. The van der Waals surface area contributed by atoms with Gasteiger partial charge in [-0.05, 0) is 55.5 Å². The van der Waals surface area contributed by atoms with Gasteiger partial charge in [-0.25, -0.2) is 0 Å². The van der Waals surface area contributed by atoms with Crippen molar-refractivity contribution in [1.29, 1.82) is 0 Å². The molecule has 0 saturated heterocycles. The van der Waals surface area contributed by atoms with Crippen LogP contribution in [0.3, 0.4) is 0 Å². The third kappa shape index (κ3) is 5.63. The van der Waals surface area contributed by atoms with Gasteiger partial charge in [-0.3, -0.25) is 25.2 Å². The van der Waals surface area contributed by atoms with Crippen LogP contribution in [-0.4, -0.2) is 39.1 Å². The highest BCUT2D eigenvalue weighted by molar-refractivity contribution is 6.05. The minimum absolute atomic E-state index is 0.301. The lowest BCUT2D eigenvalue weighted by Crippen LogP contribution is -2.41. The van der Waals surface area contributed by atoms with Crippen LogP contribution in [0.4, 0.5) is 5.69 Å². The molecule has 3 amide bonds. The number of benzene rings is 3. The topological polar surface area (TPSA) is 115 Å². The summed E-state index contributed by atoms with van der Waals surface area (Å²) in [5.41, 5.74) is 7.27. The summed E-state index contributed by atoms with van der Waals surface area (Å²) in [6.45, 7) is 1.92. The normalized spacial score (nSPS) is 10.1. The Kier molecular flexibility index (Phi) is 7.71. The molecule has 0 aromatic heterocycles. The van der Waals surface area contributed by atoms with Crippen LogP contribution in [-0.2, 0) is 0 Å². The average molecular weight is 463 g/mol. The van der Waals surface area contributed by atoms with E-state index >= 15 is 0 Å². The molecule has 0 heterocycles. The van der Waals surface area contributed by atoms with E-state index in [1.54, 1.807) is 24.3 Å². The molecule has 34 heavy (non-hydrogen) atoms. The van der Waals surface area contributed by atoms with Crippen LogP contribution < -0.4 is 30.4 Å². The first-order valence-electron chi connectivity index (χ1n) is 10.2. The van der Waals surface area contributed by atoms with Gasteiger partial charge in [-0.15, -0.1) is 0 Å². The highest BCUT2D eigenvalue weighted by Crippen LogP contribution is 2.38. The Morgan fingerprint density at radius 3 is 1.53 bits per heavy atom. The molecule has 9 nitrogen and oxygen atoms in total. The SMILES string of the molecule is COc1cc(C(=O)Nc2ccc(C(=O)NNC(=O)c3ccc(C)cc3)cc2)cc(OC)c1OC. The van der Waals surface area contributed by atoms with Gasteiger partial charge in [-0.2, -0.15) is 0 Å². The minimum atomic E-state index is -0.497. The van der Waals surface area contributed by atoms with Crippen molar-refractivity contribution in [3.63, 3.8) is 0 Å². The fourth-order valence-corrected chi connectivity index (χ4v) is 3.08. The van der Waals surface area contributed by atoms with Crippen molar-refractivity contribution in [3.05, 3.63) is 82.9 Å². The summed E-state index contributed by atoms with van der Waals surface area (Å²) >= 11 is 0. The van der Waals surface area contributed by atoms with Gasteiger partial charge in [0, 0.05) is 22.4 Å². The lowest BCUT2D eigenvalue weighted by atomic mass is 10.1. The van der Waals surface area contributed by atoms with Crippen molar-refractivity contribution in [1.82, 2.24) is 10.9 Å². The molecule has 3 aromatic rings. The Hall–Kier alpha value is -4.53. The maximum Gasteiger partial charge on any atom is 0.269 e. The summed E-state index contributed by atoms with van der Waals surface area (Å²) in [7, 11) is 4.41.